The van der Waals surface area contributed by atoms with Crippen LogP contribution in [0.25, 0.3) is 0 Å². The second-order valence-electron chi connectivity index (χ2n) is 6.74. The Kier molecular flexibility index (Phi) is 4.67. The molecule has 0 aromatic carbocycles. The lowest BCUT2D eigenvalue weighted by atomic mass is 9.84. The van der Waals surface area contributed by atoms with Crippen molar-refractivity contribution in [2.45, 2.75) is 64.3 Å². The maximum atomic E-state index is 6.66. The van der Waals surface area contributed by atoms with Crippen LogP contribution in [0.5, 0.6) is 0 Å². The van der Waals surface area contributed by atoms with Crippen LogP contribution in [0.2, 0.25) is 0 Å². The molecule has 3 nitrogen and oxygen atoms in total. The van der Waals surface area contributed by atoms with E-state index in [0.717, 1.165) is 24.7 Å². The van der Waals surface area contributed by atoms with E-state index in [1.54, 1.807) is 0 Å². The molecule has 0 bridgehead atoms. The number of nitrogens with zero attached hydrogens (tertiary/aromatic N) is 2. The van der Waals surface area contributed by atoms with Gasteiger partial charge >= 0.3 is 0 Å². The summed E-state index contributed by atoms with van der Waals surface area (Å²) in [6, 6.07) is 2.11. The molecule has 0 spiro atoms. The summed E-state index contributed by atoms with van der Waals surface area (Å²) in [4.78, 5) is 0. The second-order valence-corrected chi connectivity index (χ2v) is 6.74. The minimum Gasteiger partial charge on any atom is -0.325 e. The predicted molar refractivity (Wildman–Crippen MR) is 79.9 cm³/mol. The topological polar surface area (TPSA) is 43.8 Å². The van der Waals surface area contributed by atoms with Crippen molar-refractivity contribution in [3.8, 4) is 0 Å². The fraction of sp³-hybridized carbons (Fsp3) is 0.812. The molecule has 2 N–H and O–H groups in total. The van der Waals surface area contributed by atoms with Crippen LogP contribution in [0.3, 0.4) is 0 Å². The van der Waals surface area contributed by atoms with Gasteiger partial charge in [-0.1, -0.05) is 26.7 Å². The Morgan fingerprint density at radius 3 is 2.84 bits per heavy atom. The van der Waals surface area contributed by atoms with Gasteiger partial charge in [-0.2, -0.15) is 5.10 Å². The van der Waals surface area contributed by atoms with E-state index in [9.17, 15) is 0 Å². The lowest BCUT2D eigenvalue weighted by molar-refractivity contribution is 0.312. The van der Waals surface area contributed by atoms with Crippen molar-refractivity contribution in [2.75, 3.05) is 0 Å². The highest BCUT2D eigenvalue weighted by Crippen LogP contribution is 2.34. The molecule has 19 heavy (non-hydrogen) atoms. The van der Waals surface area contributed by atoms with Crippen molar-refractivity contribution >= 4 is 0 Å². The Labute approximate surface area is 117 Å². The molecule has 1 saturated carbocycles. The highest BCUT2D eigenvalue weighted by atomic mass is 15.2. The van der Waals surface area contributed by atoms with Crippen LogP contribution < -0.4 is 5.73 Å². The van der Waals surface area contributed by atoms with Gasteiger partial charge in [0.05, 0.1) is 0 Å². The molecular formula is C16H29N3. The average molecular weight is 263 g/mol. The molecule has 1 fully saturated rings. The summed E-state index contributed by atoms with van der Waals surface area (Å²) in [5, 5.41) is 4.23. The summed E-state index contributed by atoms with van der Waals surface area (Å²) in [6.07, 6.45) is 10.4. The molecule has 0 saturated heterocycles. The minimum atomic E-state index is 0.0495. The molecule has 108 valence electrons. The van der Waals surface area contributed by atoms with E-state index >= 15 is 0 Å². The number of nitrogens with two attached hydrogens (primary N) is 1. The van der Waals surface area contributed by atoms with E-state index in [1.807, 2.05) is 17.9 Å². The van der Waals surface area contributed by atoms with Crippen LogP contribution in [0.15, 0.2) is 12.3 Å². The lowest BCUT2D eigenvalue weighted by Crippen LogP contribution is -2.39. The number of hydrogen-bond acceptors (Lipinski definition) is 2. The summed E-state index contributed by atoms with van der Waals surface area (Å²) in [7, 11) is 2.01. The molecule has 1 aromatic heterocycles. The molecule has 1 aliphatic carbocycles. The Balaban J connectivity index is 1.90. The van der Waals surface area contributed by atoms with Gasteiger partial charge in [0.2, 0.25) is 0 Å². The minimum absolute atomic E-state index is 0.0495. The fourth-order valence-corrected chi connectivity index (χ4v) is 3.40. The largest absolute Gasteiger partial charge is 0.325 e. The van der Waals surface area contributed by atoms with E-state index in [4.69, 9.17) is 5.73 Å². The van der Waals surface area contributed by atoms with Crippen molar-refractivity contribution in [3.05, 3.63) is 18.0 Å². The third-order valence-electron chi connectivity index (χ3n) is 5.01. The number of hydrogen-bond donors (Lipinski definition) is 1. The molecule has 3 heteroatoms. The van der Waals surface area contributed by atoms with Gasteiger partial charge in [0.15, 0.2) is 0 Å². The maximum absolute atomic E-state index is 6.66. The summed E-state index contributed by atoms with van der Waals surface area (Å²) in [5.41, 5.74) is 8.01. The van der Waals surface area contributed by atoms with Gasteiger partial charge < -0.3 is 5.73 Å². The molecule has 2 rings (SSSR count). The zero-order chi connectivity index (χ0) is 13.9. The Morgan fingerprint density at radius 2 is 2.21 bits per heavy atom. The number of rotatable bonds is 4. The quantitative estimate of drug-likeness (QED) is 0.847. The molecule has 1 aromatic rings. The second kappa shape index (κ2) is 6.08. The molecular weight excluding hydrogens is 234 g/mol. The summed E-state index contributed by atoms with van der Waals surface area (Å²) in [5.74, 6) is 1.68. The molecule has 0 amide bonds. The Morgan fingerprint density at radius 1 is 1.42 bits per heavy atom. The first-order chi connectivity index (χ1) is 9.00. The summed E-state index contributed by atoms with van der Waals surface area (Å²) >= 11 is 0. The third kappa shape index (κ3) is 3.82. The van der Waals surface area contributed by atoms with Crippen molar-refractivity contribution in [1.29, 1.82) is 0 Å². The Hall–Kier alpha value is -0.830. The summed E-state index contributed by atoms with van der Waals surface area (Å²) < 4.78 is 1.97. The van der Waals surface area contributed by atoms with Gasteiger partial charge in [-0.15, -0.1) is 0 Å². The van der Waals surface area contributed by atoms with E-state index in [0.29, 0.717) is 0 Å². The van der Waals surface area contributed by atoms with E-state index in [2.05, 4.69) is 25.0 Å². The van der Waals surface area contributed by atoms with Crippen LogP contribution in [-0.2, 0) is 13.5 Å². The molecule has 0 aliphatic heterocycles. The maximum Gasteiger partial charge on any atom is 0.0492 e. The average Bonchev–Trinajstić information content (AvgIpc) is 2.65. The van der Waals surface area contributed by atoms with Crippen molar-refractivity contribution in [2.24, 2.45) is 24.6 Å². The van der Waals surface area contributed by atoms with Gasteiger partial charge in [-0.25, -0.2) is 0 Å². The third-order valence-corrected chi connectivity index (χ3v) is 5.01. The molecule has 2 unspecified atom stereocenters. The predicted octanol–water partition coefficient (Wildman–Crippen LogP) is 3.29. The molecule has 1 heterocycles. The highest BCUT2D eigenvalue weighted by molar-refractivity contribution is 5.02. The van der Waals surface area contributed by atoms with Crippen molar-refractivity contribution in [1.82, 2.24) is 9.78 Å². The SMILES string of the molecule is CC(C)C1CCCC(N)(CCc2ccnn2C)CC1. The van der Waals surface area contributed by atoms with Crippen molar-refractivity contribution in [3.63, 3.8) is 0 Å². The first-order valence-electron chi connectivity index (χ1n) is 7.76. The van der Waals surface area contributed by atoms with Gasteiger partial charge in [-0.3, -0.25) is 4.68 Å². The molecule has 1 aliphatic rings. The van der Waals surface area contributed by atoms with Crippen LogP contribution in [0.1, 0.15) is 58.1 Å². The first kappa shape index (κ1) is 14.6. The highest BCUT2D eigenvalue weighted by Gasteiger charge is 2.30. The van der Waals surface area contributed by atoms with Crippen LogP contribution in [0, 0.1) is 11.8 Å². The normalized spacial score (nSPS) is 28.6. The zero-order valence-corrected chi connectivity index (χ0v) is 12.7. The van der Waals surface area contributed by atoms with Crippen LogP contribution in [-0.4, -0.2) is 15.3 Å². The van der Waals surface area contributed by atoms with E-state index < -0.39 is 0 Å². The lowest BCUT2D eigenvalue weighted by Gasteiger charge is -2.28. The van der Waals surface area contributed by atoms with Gasteiger partial charge in [0.1, 0.15) is 0 Å². The van der Waals surface area contributed by atoms with Gasteiger partial charge in [-0.05, 0) is 50.0 Å². The van der Waals surface area contributed by atoms with Gasteiger partial charge in [0.25, 0.3) is 0 Å². The Bertz CT molecular complexity index is 396. The van der Waals surface area contributed by atoms with E-state index in [1.165, 1.54) is 37.8 Å². The van der Waals surface area contributed by atoms with Crippen LogP contribution in [0.4, 0.5) is 0 Å². The van der Waals surface area contributed by atoms with Crippen molar-refractivity contribution < 1.29 is 0 Å². The number of aryl methyl sites for hydroxylation is 2. The number of aromatic nitrogens is 2. The first-order valence-corrected chi connectivity index (χ1v) is 7.76. The zero-order valence-electron chi connectivity index (χ0n) is 12.7. The molecule has 2 atom stereocenters. The van der Waals surface area contributed by atoms with E-state index in [-0.39, 0.29) is 5.54 Å². The molecule has 0 radical (unpaired) electrons. The smallest absolute Gasteiger partial charge is 0.0492 e. The fourth-order valence-electron chi connectivity index (χ4n) is 3.40. The standard InChI is InChI=1S/C16H29N3/c1-13(2)14-5-4-9-16(17,10-6-14)11-7-15-8-12-18-19(15)3/h8,12-14H,4-7,9-11,17H2,1-3H3. The monoisotopic (exact) mass is 263 g/mol. The van der Waals surface area contributed by atoms with Gasteiger partial charge in [0, 0.05) is 24.5 Å². The summed E-state index contributed by atoms with van der Waals surface area (Å²) in [6.45, 7) is 4.70. The van der Waals surface area contributed by atoms with Crippen LogP contribution >= 0.6 is 0 Å².